The third-order valence-electron chi connectivity index (χ3n) is 3.99. The van der Waals surface area contributed by atoms with Crippen molar-refractivity contribution >= 4 is 29.1 Å². The standard InChI is InChI=1S/C20H20N4O2/c1-12-7-6-8-13(2)18(12)24-20-21-14(3)11-17(23-20)22-16-10-5-4-9-15(16)19(25)26/h4-11H,1-3H3,(H,25,26)(H2,21,22,23,24). The number of hydrogen-bond acceptors (Lipinski definition) is 5. The Morgan fingerprint density at radius 1 is 0.923 bits per heavy atom. The Balaban J connectivity index is 1.93. The first-order valence-electron chi connectivity index (χ1n) is 8.22. The molecule has 1 heterocycles. The molecule has 3 aromatic rings. The number of hydrogen-bond donors (Lipinski definition) is 3. The first kappa shape index (κ1) is 17.4. The van der Waals surface area contributed by atoms with E-state index in [1.165, 1.54) is 0 Å². The number of aromatic carboxylic acids is 1. The second-order valence-electron chi connectivity index (χ2n) is 6.09. The molecule has 0 aliphatic heterocycles. The van der Waals surface area contributed by atoms with E-state index in [4.69, 9.17) is 0 Å². The molecule has 0 bridgehead atoms. The lowest BCUT2D eigenvalue weighted by molar-refractivity contribution is 0.0698. The van der Waals surface area contributed by atoms with Crippen molar-refractivity contribution in [1.82, 2.24) is 9.97 Å². The third kappa shape index (κ3) is 3.80. The van der Waals surface area contributed by atoms with Crippen LogP contribution in [0.25, 0.3) is 0 Å². The minimum Gasteiger partial charge on any atom is -0.478 e. The summed E-state index contributed by atoms with van der Waals surface area (Å²) in [5.41, 5.74) is 4.60. The molecule has 0 saturated heterocycles. The van der Waals surface area contributed by atoms with Crippen LogP contribution in [0.3, 0.4) is 0 Å². The molecule has 0 aliphatic carbocycles. The maximum atomic E-state index is 11.4. The van der Waals surface area contributed by atoms with E-state index in [1.807, 2.05) is 39.0 Å². The van der Waals surface area contributed by atoms with Gasteiger partial charge in [-0.3, -0.25) is 0 Å². The van der Waals surface area contributed by atoms with Crippen LogP contribution in [0.1, 0.15) is 27.2 Å². The highest BCUT2D eigenvalue weighted by atomic mass is 16.4. The monoisotopic (exact) mass is 348 g/mol. The van der Waals surface area contributed by atoms with Crippen molar-refractivity contribution in [1.29, 1.82) is 0 Å². The summed E-state index contributed by atoms with van der Waals surface area (Å²) in [6.45, 7) is 5.91. The van der Waals surface area contributed by atoms with Crippen molar-refractivity contribution in [3.63, 3.8) is 0 Å². The molecule has 1 aromatic heterocycles. The molecule has 0 aliphatic rings. The van der Waals surface area contributed by atoms with Gasteiger partial charge in [-0.15, -0.1) is 0 Å². The zero-order valence-corrected chi connectivity index (χ0v) is 14.9. The summed E-state index contributed by atoms with van der Waals surface area (Å²) in [6, 6.07) is 14.5. The van der Waals surface area contributed by atoms with E-state index in [-0.39, 0.29) is 5.56 Å². The molecule has 3 N–H and O–H groups in total. The van der Waals surface area contributed by atoms with Gasteiger partial charge in [0.25, 0.3) is 0 Å². The van der Waals surface area contributed by atoms with E-state index in [2.05, 4.69) is 20.6 Å². The number of benzene rings is 2. The van der Waals surface area contributed by atoms with Crippen LogP contribution < -0.4 is 10.6 Å². The van der Waals surface area contributed by atoms with Gasteiger partial charge in [0.05, 0.1) is 11.3 Å². The molecule has 0 amide bonds. The van der Waals surface area contributed by atoms with Crippen LogP contribution in [0.2, 0.25) is 0 Å². The second kappa shape index (κ2) is 7.23. The van der Waals surface area contributed by atoms with Gasteiger partial charge in [-0.2, -0.15) is 4.98 Å². The molecule has 0 fully saturated rings. The smallest absolute Gasteiger partial charge is 0.337 e. The summed E-state index contributed by atoms with van der Waals surface area (Å²) in [5.74, 6) is -0.00888. The lowest BCUT2D eigenvalue weighted by atomic mass is 10.1. The fourth-order valence-electron chi connectivity index (χ4n) is 2.73. The van der Waals surface area contributed by atoms with E-state index >= 15 is 0 Å². The molecule has 2 aromatic carbocycles. The van der Waals surface area contributed by atoms with Gasteiger partial charge in [-0.05, 0) is 44.0 Å². The zero-order valence-electron chi connectivity index (χ0n) is 14.9. The topological polar surface area (TPSA) is 87.1 Å². The summed E-state index contributed by atoms with van der Waals surface area (Å²) in [4.78, 5) is 20.3. The van der Waals surface area contributed by atoms with Crippen molar-refractivity contribution < 1.29 is 9.90 Å². The quantitative estimate of drug-likeness (QED) is 0.625. The summed E-state index contributed by atoms with van der Waals surface area (Å²) < 4.78 is 0. The molecular weight excluding hydrogens is 328 g/mol. The van der Waals surface area contributed by atoms with Gasteiger partial charge in [-0.1, -0.05) is 30.3 Å². The number of carbonyl (C=O) groups is 1. The molecular formula is C20H20N4O2. The summed E-state index contributed by atoms with van der Waals surface area (Å²) in [6.07, 6.45) is 0. The van der Waals surface area contributed by atoms with Crippen LogP contribution in [-0.4, -0.2) is 21.0 Å². The van der Waals surface area contributed by atoms with E-state index in [9.17, 15) is 9.90 Å². The van der Waals surface area contributed by atoms with Gasteiger partial charge in [-0.25, -0.2) is 9.78 Å². The van der Waals surface area contributed by atoms with Crippen LogP contribution in [0.4, 0.5) is 23.1 Å². The highest BCUT2D eigenvalue weighted by Gasteiger charge is 2.11. The minimum atomic E-state index is -0.993. The fraction of sp³-hybridized carbons (Fsp3) is 0.150. The first-order valence-corrected chi connectivity index (χ1v) is 8.22. The van der Waals surface area contributed by atoms with Gasteiger partial charge in [0.15, 0.2) is 0 Å². The van der Waals surface area contributed by atoms with Crippen molar-refractivity contribution in [2.75, 3.05) is 10.6 Å². The Morgan fingerprint density at radius 2 is 1.62 bits per heavy atom. The molecule has 26 heavy (non-hydrogen) atoms. The second-order valence-corrected chi connectivity index (χ2v) is 6.09. The largest absolute Gasteiger partial charge is 0.478 e. The Labute approximate surface area is 152 Å². The Kier molecular flexibility index (Phi) is 4.84. The number of rotatable bonds is 5. The molecule has 6 nitrogen and oxygen atoms in total. The number of carboxylic acid groups (broad SMARTS) is 1. The number of carboxylic acids is 1. The molecule has 6 heteroatoms. The van der Waals surface area contributed by atoms with Crippen molar-refractivity contribution in [3.8, 4) is 0 Å². The molecule has 0 unspecified atom stereocenters. The lowest BCUT2D eigenvalue weighted by Crippen LogP contribution is -2.06. The van der Waals surface area contributed by atoms with E-state index < -0.39 is 5.97 Å². The molecule has 0 spiro atoms. The molecule has 0 saturated carbocycles. The SMILES string of the molecule is Cc1cc(Nc2ccccc2C(=O)O)nc(Nc2c(C)cccc2C)n1. The first-order chi connectivity index (χ1) is 12.4. The normalized spacial score (nSPS) is 10.4. The van der Waals surface area contributed by atoms with E-state index in [0.717, 1.165) is 22.5 Å². The maximum Gasteiger partial charge on any atom is 0.337 e. The van der Waals surface area contributed by atoms with Crippen molar-refractivity contribution in [2.24, 2.45) is 0 Å². The van der Waals surface area contributed by atoms with E-state index in [1.54, 1.807) is 30.3 Å². The summed E-state index contributed by atoms with van der Waals surface area (Å²) >= 11 is 0. The Hall–Kier alpha value is -3.41. The highest BCUT2D eigenvalue weighted by Crippen LogP contribution is 2.25. The Morgan fingerprint density at radius 3 is 2.31 bits per heavy atom. The summed E-state index contributed by atoms with van der Waals surface area (Å²) in [5, 5.41) is 15.7. The average Bonchev–Trinajstić information content (AvgIpc) is 2.58. The van der Waals surface area contributed by atoms with Gasteiger partial charge in [0.1, 0.15) is 5.82 Å². The number of nitrogens with zero attached hydrogens (tertiary/aromatic N) is 2. The minimum absolute atomic E-state index is 0.188. The van der Waals surface area contributed by atoms with Crippen LogP contribution in [0.5, 0.6) is 0 Å². The Bertz CT molecular complexity index is 950. The van der Waals surface area contributed by atoms with E-state index in [0.29, 0.717) is 17.5 Å². The zero-order chi connectivity index (χ0) is 18.7. The van der Waals surface area contributed by atoms with Crippen molar-refractivity contribution in [2.45, 2.75) is 20.8 Å². The number of anilines is 4. The van der Waals surface area contributed by atoms with Crippen LogP contribution in [0.15, 0.2) is 48.5 Å². The number of nitrogens with one attached hydrogen (secondary N) is 2. The number of para-hydroxylation sites is 2. The molecule has 0 radical (unpaired) electrons. The molecule has 3 rings (SSSR count). The predicted octanol–water partition coefficient (Wildman–Crippen LogP) is 4.59. The lowest BCUT2D eigenvalue weighted by Gasteiger charge is -2.14. The average molecular weight is 348 g/mol. The van der Waals surface area contributed by atoms with Crippen molar-refractivity contribution in [3.05, 3.63) is 70.9 Å². The molecule has 0 atom stereocenters. The third-order valence-corrected chi connectivity index (χ3v) is 3.99. The molecule has 132 valence electrons. The van der Waals surface area contributed by atoms with Gasteiger partial charge in [0.2, 0.25) is 5.95 Å². The number of aromatic nitrogens is 2. The summed E-state index contributed by atoms with van der Waals surface area (Å²) in [7, 11) is 0. The van der Waals surface area contributed by atoms with Gasteiger partial charge >= 0.3 is 5.97 Å². The van der Waals surface area contributed by atoms with Crippen LogP contribution in [-0.2, 0) is 0 Å². The number of aryl methyl sites for hydroxylation is 3. The van der Waals surface area contributed by atoms with Gasteiger partial charge in [0, 0.05) is 17.4 Å². The predicted molar refractivity (Wildman–Crippen MR) is 103 cm³/mol. The van der Waals surface area contributed by atoms with Gasteiger partial charge < -0.3 is 15.7 Å². The highest BCUT2D eigenvalue weighted by molar-refractivity contribution is 5.95. The van der Waals surface area contributed by atoms with Crippen LogP contribution in [0, 0.1) is 20.8 Å². The van der Waals surface area contributed by atoms with Crippen LogP contribution >= 0.6 is 0 Å². The fourth-order valence-corrected chi connectivity index (χ4v) is 2.73. The maximum absolute atomic E-state index is 11.4.